The SMILES string of the molecule is C=CN(C(=C)C)C(CC(C)(C)C)=C(C)C. The fourth-order valence-corrected chi connectivity index (χ4v) is 1.50. The summed E-state index contributed by atoms with van der Waals surface area (Å²) < 4.78 is 0. The highest BCUT2D eigenvalue weighted by Gasteiger charge is 2.18. The van der Waals surface area contributed by atoms with E-state index in [0.29, 0.717) is 0 Å². The van der Waals surface area contributed by atoms with E-state index in [9.17, 15) is 0 Å². The Balaban J connectivity index is 5.08. The molecule has 15 heavy (non-hydrogen) atoms. The summed E-state index contributed by atoms with van der Waals surface area (Å²) in [7, 11) is 0. The summed E-state index contributed by atoms with van der Waals surface area (Å²) in [6.07, 6.45) is 2.88. The summed E-state index contributed by atoms with van der Waals surface area (Å²) in [6.45, 7) is 20.8. The summed E-state index contributed by atoms with van der Waals surface area (Å²) in [5.74, 6) is 0. The molecule has 0 aliphatic carbocycles. The second-order valence-corrected chi connectivity index (χ2v) is 5.47. The van der Waals surface area contributed by atoms with Crippen LogP contribution in [0.1, 0.15) is 48.0 Å². The highest BCUT2D eigenvalue weighted by molar-refractivity contribution is 5.18. The van der Waals surface area contributed by atoms with Gasteiger partial charge >= 0.3 is 0 Å². The molecule has 0 saturated heterocycles. The average molecular weight is 207 g/mol. The Morgan fingerprint density at radius 3 is 1.87 bits per heavy atom. The normalized spacial score (nSPS) is 10.8. The maximum absolute atomic E-state index is 3.98. The topological polar surface area (TPSA) is 3.24 Å². The molecule has 0 aliphatic heterocycles. The molecule has 0 rings (SSSR count). The number of nitrogens with zero attached hydrogens (tertiary/aromatic N) is 1. The summed E-state index contributed by atoms with van der Waals surface area (Å²) in [4.78, 5) is 2.08. The molecule has 1 nitrogen and oxygen atoms in total. The summed E-state index contributed by atoms with van der Waals surface area (Å²) in [5.41, 5.74) is 3.94. The lowest BCUT2D eigenvalue weighted by molar-refractivity contribution is 0.366. The maximum Gasteiger partial charge on any atom is 0.0214 e. The van der Waals surface area contributed by atoms with E-state index in [4.69, 9.17) is 0 Å². The molecule has 0 saturated carbocycles. The van der Waals surface area contributed by atoms with E-state index < -0.39 is 0 Å². The van der Waals surface area contributed by atoms with Gasteiger partial charge in [-0.2, -0.15) is 0 Å². The molecular formula is C14H25N. The third-order valence-electron chi connectivity index (χ3n) is 2.16. The van der Waals surface area contributed by atoms with Gasteiger partial charge in [0, 0.05) is 17.6 Å². The Labute approximate surface area is 95.2 Å². The number of allylic oxidation sites excluding steroid dienone is 3. The molecule has 0 radical (unpaired) electrons. The van der Waals surface area contributed by atoms with Crippen LogP contribution in [0.25, 0.3) is 0 Å². The van der Waals surface area contributed by atoms with Crippen molar-refractivity contribution in [3.8, 4) is 0 Å². The van der Waals surface area contributed by atoms with E-state index >= 15 is 0 Å². The zero-order valence-electron chi connectivity index (χ0n) is 11.1. The predicted molar refractivity (Wildman–Crippen MR) is 69.3 cm³/mol. The second-order valence-electron chi connectivity index (χ2n) is 5.47. The van der Waals surface area contributed by atoms with Crippen LogP contribution in [-0.2, 0) is 0 Å². The predicted octanol–water partition coefficient (Wildman–Crippen LogP) is 4.70. The molecule has 0 amide bonds. The minimum absolute atomic E-state index is 0.281. The van der Waals surface area contributed by atoms with Gasteiger partial charge in [0.2, 0.25) is 0 Å². The van der Waals surface area contributed by atoms with E-state index in [1.165, 1.54) is 11.3 Å². The molecule has 0 heterocycles. The zero-order chi connectivity index (χ0) is 12.2. The van der Waals surface area contributed by atoms with E-state index in [2.05, 4.69) is 52.7 Å². The van der Waals surface area contributed by atoms with Crippen molar-refractivity contribution in [2.75, 3.05) is 0 Å². The van der Waals surface area contributed by atoms with Gasteiger partial charge in [0.15, 0.2) is 0 Å². The first-order valence-corrected chi connectivity index (χ1v) is 5.42. The molecule has 0 aliphatic rings. The van der Waals surface area contributed by atoms with Crippen molar-refractivity contribution < 1.29 is 0 Å². The second kappa shape index (κ2) is 5.20. The van der Waals surface area contributed by atoms with E-state index in [0.717, 1.165) is 12.1 Å². The fourth-order valence-electron chi connectivity index (χ4n) is 1.50. The molecule has 0 aromatic carbocycles. The molecule has 0 unspecified atom stereocenters. The van der Waals surface area contributed by atoms with Crippen LogP contribution >= 0.6 is 0 Å². The Morgan fingerprint density at radius 1 is 1.20 bits per heavy atom. The van der Waals surface area contributed by atoms with Crippen molar-refractivity contribution in [3.05, 3.63) is 36.3 Å². The van der Waals surface area contributed by atoms with Crippen molar-refractivity contribution >= 4 is 0 Å². The van der Waals surface area contributed by atoms with Crippen molar-refractivity contribution in [3.63, 3.8) is 0 Å². The lowest BCUT2D eigenvalue weighted by Gasteiger charge is -2.30. The average Bonchev–Trinajstić information content (AvgIpc) is 2.00. The van der Waals surface area contributed by atoms with Gasteiger partial charge in [-0.1, -0.05) is 39.5 Å². The quantitative estimate of drug-likeness (QED) is 0.646. The molecule has 0 fully saturated rings. The van der Waals surface area contributed by atoms with Gasteiger partial charge in [0.25, 0.3) is 0 Å². The minimum atomic E-state index is 0.281. The number of hydrogen-bond donors (Lipinski definition) is 0. The Morgan fingerprint density at radius 2 is 1.67 bits per heavy atom. The maximum atomic E-state index is 3.98. The number of rotatable bonds is 4. The van der Waals surface area contributed by atoms with Gasteiger partial charge < -0.3 is 4.90 Å². The third-order valence-corrected chi connectivity index (χ3v) is 2.16. The van der Waals surface area contributed by atoms with Gasteiger partial charge in [-0.3, -0.25) is 0 Å². The van der Waals surface area contributed by atoms with Crippen molar-refractivity contribution in [2.45, 2.75) is 48.0 Å². The number of hydrogen-bond acceptors (Lipinski definition) is 1. The molecule has 86 valence electrons. The van der Waals surface area contributed by atoms with Crippen LogP contribution in [0.5, 0.6) is 0 Å². The van der Waals surface area contributed by atoms with Gasteiger partial charge in [-0.25, -0.2) is 0 Å². The van der Waals surface area contributed by atoms with Gasteiger partial charge in [-0.05, 0) is 32.6 Å². The van der Waals surface area contributed by atoms with Gasteiger partial charge in [-0.15, -0.1) is 0 Å². The lowest BCUT2D eigenvalue weighted by Crippen LogP contribution is -2.19. The zero-order valence-corrected chi connectivity index (χ0v) is 11.1. The first kappa shape index (κ1) is 14.0. The molecule has 0 spiro atoms. The lowest BCUT2D eigenvalue weighted by atomic mass is 9.88. The van der Waals surface area contributed by atoms with Crippen LogP contribution in [0, 0.1) is 5.41 Å². The van der Waals surface area contributed by atoms with Crippen molar-refractivity contribution in [1.82, 2.24) is 4.90 Å². The third kappa shape index (κ3) is 4.87. The van der Waals surface area contributed by atoms with E-state index in [-0.39, 0.29) is 5.41 Å². The highest BCUT2D eigenvalue weighted by Crippen LogP contribution is 2.29. The van der Waals surface area contributed by atoms with Crippen molar-refractivity contribution in [2.24, 2.45) is 5.41 Å². The van der Waals surface area contributed by atoms with Crippen LogP contribution in [-0.4, -0.2) is 4.90 Å². The first-order chi connectivity index (χ1) is 6.69. The van der Waals surface area contributed by atoms with Crippen LogP contribution in [0.4, 0.5) is 0 Å². The van der Waals surface area contributed by atoms with Crippen LogP contribution < -0.4 is 0 Å². The summed E-state index contributed by atoms with van der Waals surface area (Å²) >= 11 is 0. The Hall–Kier alpha value is -0.980. The monoisotopic (exact) mass is 207 g/mol. The first-order valence-electron chi connectivity index (χ1n) is 5.42. The van der Waals surface area contributed by atoms with Crippen LogP contribution in [0.2, 0.25) is 0 Å². The molecule has 0 aromatic rings. The van der Waals surface area contributed by atoms with Gasteiger partial charge in [0.05, 0.1) is 0 Å². The smallest absolute Gasteiger partial charge is 0.0214 e. The summed E-state index contributed by atoms with van der Waals surface area (Å²) in [5, 5.41) is 0. The molecule has 1 heteroatoms. The van der Waals surface area contributed by atoms with Crippen molar-refractivity contribution in [1.29, 1.82) is 0 Å². The standard InChI is InChI=1S/C14H25N/c1-9-15(12(4)5)13(11(2)3)10-14(6,7)8/h9H,1,4,10H2,2-3,5-8H3. The molecule has 0 N–H and O–H groups in total. The van der Waals surface area contributed by atoms with Crippen LogP contribution in [0.3, 0.4) is 0 Å². The molecular weight excluding hydrogens is 182 g/mol. The Kier molecular flexibility index (Phi) is 4.86. The van der Waals surface area contributed by atoms with Crippen LogP contribution in [0.15, 0.2) is 36.3 Å². The van der Waals surface area contributed by atoms with E-state index in [1.807, 2.05) is 13.1 Å². The van der Waals surface area contributed by atoms with Gasteiger partial charge in [0.1, 0.15) is 0 Å². The Bertz CT molecular complexity index is 272. The molecule has 0 atom stereocenters. The largest absolute Gasteiger partial charge is 0.326 e. The van der Waals surface area contributed by atoms with E-state index in [1.54, 1.807) is 0 Å². The summed E-state index contributed by atoms with van der Waals surface area (Å²) in [6, 6.07) is 0. The fraction of sp³-hybridized carbons (Fsp3) is 0.571. The minimum Gasteiger partial charge on any atom is -0.326 e. The highest BCUT2D eigenvalue weighted by atomic mass is 15.1. The molecule has 0 bridgehead atoms. The molecule has 0 aromatic heterocycles.